The maximum atomic E-state index is 15.1. The topological polar surface area (TPSA) is 152 Å². The number of amides is 2. The minimum Gasteiger partial charge on any atom is -0.381 e. The first-order valence-corrected chi connectivity index (χ1v) is 18.9. The zero-order valence-corrected chi connectivity index (χ0v) is 30.9. The summed E-state index contributed by atoms with van der Waals surface area (Å²) in [5.41, 5.74) is 12.9. The van der Waals surface area contributed by atoms with Crippen molar-refractivity contribution in [2.24, 2.45) is 5.73 Å². The first-order chi connectivity index (χ1) is 26.3. The number of fused-ring (bicyclic) bond motifs is 1. The molecule has 0 bridgehead atoms. The molecule has 0 radical (unpaired) electrons. The first-order valence-electron chi connectivity index (χ1n) is 18.9. The van der Waals surface area contributed by atoms with Gasteiger partial charge in [0.15, 0.2) is 5.65 Å². The van der Waals surface area contributed by atoms with Crippen LogP contribution in [0.3, 0.4) is 0 Å². The van der Waals surface area contributed by atoms with Gasteiger partial charge in [0.1, 0.15) is 17.2 Å². The van der Waals surface area contributed by atoms with Crippen LogP contribution in [0.5, 0.6) is 0 Å². The molecular formula is C41H48FN9O3. The number of pyridine rings is 2. The third kappa shape index (κ3) is 8.43. The SMILES string of the molecule is CCc1nc2c(cnn2CC)c(NC2CCOCC2)c1CNC(=O)c1cccc(C(=O)NCc2ccc(F)c(-c3cccc(CN4CC[C@H](N)C4)c3)c2)n1. The monoisotopic (exact) mass is 733 g/mol. The van der Waals surface area contributed by atoms with E-state index in [9.17, 15) is 9.59 Å². The Morgan fingerprint density at radius 3 is 2.41 bits per heavy atom. The van der Waals surface area contributed by atoms with Gasteiger partial charge in [-0.05, 0) is 79.6 Å². The maximum absolute atomic E-state index is 15.1. The van der Waals surface area contributed by atoms with E-state index in [1.54, 1.807) is 30.3 Å². The number of halogens is 1. The summed E-state index contributed by atoms with van der Waals surface area (Å²) in [7, 11) is 0. The van der Waals surface area contributed by atoms with Crippen LogP contribution in [0.4, 0.5) is 10.1 Å². The van der Waals surface area contributed by atoms with Crippen LogP contribution in [0.2, 0.25) is 0 Å². The number of ether oxygens (including phenoxy) is 1. The maximum Gasteiger partial charge on any atom is 0.270 e. The molecule has 0 unspecified atom stereocenters. The number of hydrogen-bond acceptors (Lipinski definition) is 9. The number of carbonyl (C=O) groups is 2. The van der Waals surface area contributed by atoms with E-state index in [0.717, 1.165) is 83.6 Å². The standard InChI is InChI=1S/C41H48FN9O3/c1-3-35-32(38(47-30-14-17-54-18-15-30)33-23-46-51(4-2)39(33)49-35)22-45-41(53)37-10-6-9-36(48-37)40(52)44-21-26-11-12-34(42)31(20-26)28-8-5-7-27(19-28)24-50-16-13-29(43)25-50/h5-12,19-20,23,29-30H,3-4,13-18,21-22,24-25,43H2,1-2H3,(H,44,52)(H,45,53)(H,47,49)/t29-/m0/s1. The van der Waals surface area contributed by atoms with Gasteiger partial charge in [0, 0.05) is 81.4 Å². The fraction of sp³-hybridized carbons (Fsp3) is 0.390. The van der Waals surface area contributed by atoms with Gasteiger partial charge in [-0.25, -0.2) is 19.0 Å². The molecule has 2 amide bonds. The minimum atomic E-state index is -0.444. The number of aryl methyl sites for hydroxylation is 2. The van der Waals surface area contributed by atoms with Crippen LogP contribution >= 0.6 is 0 Å². The van der Waals surface area contributed by atoms with E-state index in [1.807, 2.05) is 49.0 Å². The molecule has 2 aliphatic heterocycles. The fourth-order valence-corrected chi connectivity index (χ4v) is 7.33. The average Bonchev–Trinajstić information content (AvgIpc) is 3.82. The number of anilines is 1. The lowest BCUT2D eigenvalue weighted by molar-refractivity contribution is 0.0904. The number of hydrogen-bond donors (Lipinski definition) is 4. The molecule has 0 aliphatic carbocycles. The molecule has 5 N–H and O–H groups in total. The molecule has 282 valence electrons. The summed E-state index contributed by atoms with van der Waals surface area (Å²) in [6.45, 7) is 9.10. The van der Waals surface area contributed by atoms with E-state index >= 15 is 4.39 Å². The van der Waals surface area contributed by atoms with Crippen molar-refractivity contribution in [1.82, 2.24) is 35.3 Å². The smallest absolute Gasteiger partial charge is 0.270 e. The van der Waals surface area contributed by atoms with E-state index < -0.39 is 11.8 Å². The second kappa shape index (κ2) is 16.8. The Labute approximate surface area is 314 Å². The molecule has 13 heteroatoms. The number of carbonyl (C=O) groups excluding carboxylic acids is 2. The number of benzene rings is 2. The van der Waals surface area contributed by atoms with Crippen molar-refractivity contribution in [3.63, 3.8) is 0 Å². The van der Waals surface area contributed by atoms with Crippen molar-refractivity contribution in [3.8, 4) is 11.1 Å². The lowest BCUT2D eigenvalue weighted by atomic mass is 10.00. The number of aromatic nitrogens is 4. The molecule has 3 aromatic heterocycles. The lowest BCUT2D eigenvalue weighted by Gasteiger charge is -2.26. The molecule has 0 saturated carbocycles. The lowest BCUT2D eigenvalue weighted by Crippen LogP contribution is -2.30. The van der Waals surface area contributed by atoms with Gasteiger partial charge in [-0.1, -0.05) is 37.3 Å². The summed E-state index contributed by atoms with van der Waals surface area (Å²) in [4.78, 5) is 38.4. The number of nitrogens with one attached hydrogen (secondary N) is 3. The summed E-state index contributed by atoms with van der Waals surface area (Å²) in [6.07, 6.45) is 5.24. The number of nitrogens with two attached hydrogens (primary N) is 1. The quantitative estimate of drug-likeness (QED) is 0.128. The molecule has 1 atom stereocenters. The van der Waals surface area contributed by atoms with Gasteiger partial charge in [-0.3, -0.25) is 14.5 Å². The second-order valence-electron chi connectivity index (χ2n) is 14.1. The van der Waals surface area contributed by atoms with Crippen LogP contribution in [0, 0.1) is 5.82 Å². The van der Waals surface area contributed by atoms with Crippen LogP contribution in [0.15, 0.2) is 66.9 Å². The van der Waals surface area contributed by atoms with Crippen molar-refractivity contribution >= 4 is 28.5 Å². The van der Waals surface area contributed by atoms with E-state index in [1.165, 1.54) is 6.07 Å². The van der Waals surface area contributed by atoms with Crippen LogP contribution in [0.25, 0.3) is 22.2 Å². The van der Waals surface area contributed by atoms with Crippen LogP contribution < -0.4 is 21.7 Å². The predicted molar refractivity (Wildman–Crippen MR) is 206 cm³/mol. The Hall–Kier alpha value is -5.24. The van der Waals surface area contributed by atoms with Gasteiger partial charge in [-0.15, -0.1) is 0 Å². The zero-order chi connectivity index (χ0) is 37.6. The molecule has 54 heavy (non-hydrogen) atoms. The van der Waals surface area contributed by atoms with Crippen molar-refractivity contribution in [2.75, 3.05) is 31.6 Å². The van der Waals surface area contributed by atoms with E-state index in [4.69, 9.17) is 15.5 Å². The second-order valence-corrected chi connectivity index (χ2v) is 14.1. The molecule has 2 saturated heterocycles. The normalized spacial score (nSPS) is 16.5. The van der Waals surface area contributed by atoms with Gasteiger partial charge >= 0.3 is 0 Å². The van der Waals surface area contributed by atoms with Gasteiger partial charge < -0.3 is 26.4 Å². The molecule has 5 heterocycles. The van der Waals surface area contributed by atoms with Gasteiger partial charge in [-0.2, -0.15) is 5.10 Å². The number of nitrogens with zero attached hydrogens (tertiary/aromatic N) is 5. The Balaban J connectivity index is 1.02. The van der Waals surface area contributed by atoms with E-state index in [2.05, 4.69) is 30.9 Å². The summed E-state index contributed by atoms with van der Waals surface area (Å²) in [5.74, 6) is -1.19. The van der Waals surface area contributed by atoms with E-state index in [0.29, 0.717) is 31.7 Å². The zero-order valence-electron chi connectivity index (χ0n) is 30.9. The molecule has 0 spiro atoms. The highest BCUT2D eigenvalue weighted by molar-refractivity contribution is 5.97. The van der Waals surface area contributed by atoms with Gasteiger partial charge in [0.25, 0.3) is 11.8 Å². The summed E-state index contributed by atoms with van der Waals surface area (Å²) >= 11 is 0. The van der Waals surface area contributed by atoms with Gasteiger partial charge in [0.05, 0.1) is 17.3 Å². The van der Waals surface area contributed by atoms with Crippen LogP contribution in [-0.2, 0) is 37.3 Å². The Bertz CT molecular complexity index is 2130. The fourth-order valence-electron chi connectivity index (χ4n) is 7.33. The molecular weight excluding hydrogens is 686 g/mol. The third-order valence-corrected chi connectivity index (χ3v) is 10.3. The highest BCUT2D eigenvalue weighted by Gasteiger charge is 2.23. The average molecular weight is 734 g/mol. The van der Waals surface area contributed by atoms with Crippen LogP contribution in [-0.4, -0.2) is 74.8 Å². The highest BCUT2D eigenvalue weighted by atomic mass is 19.1. The summed E-state index contributed by atoms with van der Waals surface area (Å²) < 4.78 is 22.5. The molecule has 12 nitrogen and oxygen atoms in total. The van der Waals surface area contributed by atoms with Crippen molar-refractivity contribution in [2.45, 2.75) is 77.8 Å². The van der Waals surface area contributed by atoms with E-state index in [-0.39, 0.29) is 42.4 Å². The predicted octanol–water partition coefficient (Wildman–Crippen LogP) is 5.20. The summed E-state index contributed by atoms with van der Waals surface area (Å²) in [5, 5.41) is 15.1. The Morgan fingerprint density at radius 1 is 0.926 bits per heavy atom. The molecule has 7 rings (SSSR count). The Morgan fingerprint density at radius 2 is 1.69 bits per heavy atom. The summed E-state index contributed by atoms with van der Waals surface area (Å²) in [6, 6.07) is 17.9. The van der Waals surface area contributed by atoms with Crippen LogP contribution in [0.1, 0.15) is 76.5 Å². The number of likely N-dealkylation sites (tertiary alicyclic amines) is 1. The molecule has 2 fully saturated rings. The third-order valence-electron chi connectivity index (χ3n) is 10.3. The first kappa shape index (κ1) is 37.1. The molecule has 2 aliphatic rings. The van der Waals surface area contributed by atoms with Crippen molar-refractivity contribution in [1.29, 1.82) is 0 Å². The van der Waals surface area contributed by atoms with Crippen molar-refractivity contribution in [3.05, 3.63) is 106 Å². The van der Waals surface area contributed by atoms with Gasteiger partial charge in [0.2, 0.25) is 0 Å². The molecule has 5 aromatic rings. The Kier molecular flexibility index (Phi) is 11.6. The highest BCUT2D eigenvalue weighted by Crippen LogP contribution is 2.31. The van der Waals surface area contributed by atoms with Crippen molar-refractivity contribution < 1.29 is 18.7 Å². The minimum absolute atomic E-state index is 0.102. The number of rotatable bonds is 13. The largest absolute Gasteiger partial charge is 0.381 e. The molecule has 2 aromatic carbocycles.